The predicted octanol–water partition coefficient (Wildman–Crippen LogP) is 5.23. The lowest BCUT2D eigenvalue weighted by Gasteiger charge is -2.27. The number of allylic oxidation sites excluding steroid dienone is 4. The van der Waals surface area contributed by atoms with Crippen LogP contribution in [0.5, 0.6) is 28.7 Å². The third kappa shape index (κ3) is 4.68. The van der Waals surface area contributed by atoms with Gasteiger partial charge in [0, 0.05) is 17.2 Å². The number of carbonyl (C=O) groups is 1. The molecule has 164 valence electrons. The fraction of sp³-hybridized carbons (Fsp3) is 0.320. The molecule has 0 radical (unpaired) electrons. The third-order valence-electron chi connectivity index (χ3n) is 5.27. The number of phenolic OH excluding ortho intramolecular Hbond substituents is 4. The van der Waals surface area contributed by atoms with E-state index < -0.39 is 6.10 Å². The molecule has 0 fully saturated rings. The largest absolute Gasteiger partial charge is 0.507 e. The van der Waals surface area contributed by atoms with Crippen molar-refractivity contribution < 1.29 is 30.0 Å². The van der Waals surface area contributed by atoms with E-state index in [-0.39, 0.29) is 52.1 Å². The third-order valence-corrected chi connectivity index (χ3v) is 5.27. The number of ether oxygens (including phenoxy) is 1. The lowest BCUT2D eigenvalue weighted by molar-refractivity contribution is 0.0844. The van der Waals surface area contributed by atoms with Crippen LogP contribution in [0.25, 0.3) is 0 Å². The normalized spacial score (nSPS) is 15.1. The van der Waals surface area contributed by atoms with Crippen LogP contribution in [0.1, 0.15) is 67.3 Å². The molecule has 2 aromatic rings. The van der Waals surface area contributed by atoms with Gasteiger partial charge in [-0.05, 0) is 58.2 Å². The van der Waals surface area contributed by atoms with Crippen LogP contribution in [0.2, 0.25) is 0 Å². The molecule has 1 aliphatic heterocycles. The van der Waals surface area contributed by atoms with Crippen molar-refractivity contribution in [1.29, 1.82) is 0 Å². The fourth-order valence-electron chi connectivity index (χ4n) is 3.55. The van der Waals surface area contributed by atoms with Gasteiger partial charge in [-0.3, -0.25) is 4.79 Å². The summed E-state index contributed by atoms with van der Waals surface area (Å²) in [5.74, 6) is -1.15. The van der Waals surface area contributed by atoms with Crippen molar-refractivity contribution >= 4 is 5.78 Å². The summed E-state index contributed by atoms with van der Waals surface area (Å²) in [6.45, 7) is 7.69. The van der Waals surface area contributed by atoms with Crippen LogP contribution < -0.4 is 4.74 Å². The maximum absolute atomic E-state index is 12.9. The summed E-state index contributed by atoms with van der Waals surface area (Å²) in [4.78, 5) is 12.9. The lowest BCUT2D eigenvalue weighted by atomic mass is 9.91. The second-order valence-corrected chi connectivity index (χ2v) is 8.35. The van der Waals surface area contributed by atoms with E-state index in [2.05, 4.69) is 0 Å². The minimum Gasteiger partial charge on any atom is -0.507 e. The van der Waals surface area contributed by atoms with Gasteiger partial charge in [0.25, 0.3) is 0 Å². The number of Topliss-reactive ketones (excluding diaryl/α,β-unsaturated/α-hetero) is 1. The second-order valence-electron chi connectivity index (χ2n) is 8.35. The van der Waals surface area contributed by atoms with Crippen LogP contribution >= 0.6 is 0 Å². The van der Waals surface area contributed by atoms with Crippen molar-refractivity contribution in [3.05, 3.63) is 63.8 Å². The predicted molar refractivity (Wildman–Crippen MR) is 118 cm³/mol. The van der Waals surface area contributed by atoms with Gasteiger partial charge in [-0.1, -0.05) is 23.3 Å². The average Bonchev–Trinajstić information content (AvgIpc) is 2.67. The molecule has 6 nitrogen and oxygen atoms in total. The van der Waals surface area contributed by atoms with E-state index in [1.807, 2.05) is 39.8 Å². The van der Waals surface area contributed by atoms with Crippen LogP contribution in [0.3, 0.4) is 0 Å². The topological polar surface area (TPSA) is 107 Å². The molecule has 6 heteroatoms. The summed E-state index contributed by atoms with van der Waals surface area (Å²) >= 11 is 0. The molecule has 0 aromatic heterocycles. The van der Waals surface area contributed by atoms with Crippen LogP contribution in [0.4, 0.5) is 0 Å². The minimum absolute atomic E-state index is 0.0419. The minimum atomic E-state index is -0.723. The maximum atomic E-state index is 12.9. The molecule has 31 heavy (non-hydrogen) atoms. The van der Waals surface area contributed by atoms with Crippen molar-refractivity contribution in [2.45, 2.75) is 53.1 Å². The number of rotatable bonds is 5. The molecule has 4 N–H and O–H groups in total. The first-order chi connectivity index (χ1) is 14.6. The number of benzene rings is 2. The number of phenols is 4. The van der Waals surface area contributed by atoms with Crippen LogP contribution in [-0.4, -0.2) is 26.2 Å². The Balaban J connectivity index is 1.99. The Morgan fingerprint density at radius 1 is 0.935 bits per heavy atom. The molecule has 0 saturated carbocycles. The van der Waals surface area contributed by atoms with Crippen molar-refractivity contribution in [2.24, 2.45) is 0 Å². The molecule has 0 saturated heterocycles. The van der Waals surface area contributed by atoms with Gasteiger partial charge in [0.05, 0.1) is 6.42 Å². The Labute approximate surface area is 181 Å². The van der Waals surface area contributed by atoms with Gasteiger partial charge < -0.3 is 25.2 Å². The first-order valence-corrected chi connectivity index (χ1v) is 10.2. The first-order valence-electron chi connectivity index (χ1n) is 10.2. The van der Waals surface area contributed by atoms with Crippen LogP contribution in [-0.2, 0) is 12.8 Å². The molecule has 0 aliphatic carbocycles. The zero-order valence-electron chi connectivity index (χ0n) is 18.2. The number of carbonyl (C=O) groups excluding carboxylic acids is 1. The van der Waals surface area contributed by atoms with E-state index in [0.29, 0.717) is 24.0 Å². The van der Waals surface area contributed by atoms with Gasteiger partial charge in [-0.2, -0.15) is 0 Å². The quantitative estimate of drug-likeness (QED) is 0.387. The van der Waals surface area contributed by atoms with Crippen molar-refractivity contribution in [1.82, 2.24) is 0 Å². The molecule has 2 aromatic carbocycles. The molecule has 0 amide bonds. The van der Waals surface area contributed by atoms with Crippen molar-refractivity contribution in [2.75, 3.05) is 0 Å². The monoisotopic (exact) mass is 424 g/mol. The van der Waals surface area contributed by atoms with E-state index in [1.165, 1.54) is 12.1 Å². The van der Waals surface area contributed by atoms with E-state index >= 15 is 0 Å². The molecule has 1 aliphatic rings. The second kappa shape index (κ2) is 8.76. The molecule has 3 rings (SSSR count). The Bertz CT molecular complexity index is 1090. The lowest BCUT2D eigenvalue weighted by Crippen LogP contribution is -2.21. The summed E-state index contributed by atoms with van der Waals surface area (Å²) < 4.78 is 5.94. The highest BCUT2D eigenvalue weighted by atomic mass is 16.5. The van der Waals surface area contributed by atoms with E-state index in [9.17, 15) is 25.2 Å². The van der Waals surface area contributed by atoms with E-state index in [0.717, 1.165) is 11.1 Å². The van der Waals surface area contributed by atoms with Gasteiger partial charge in [0.2, 0.25) is 0 Å². The molecule has 0 bridgehead atoms. The number of ketones is 1. The number of aromatic hydroxyl groups is 4. The Morgan fingerprint density at radius 3 is 2.23 bits per heavy atom. The zero-order valence-corrected chi connectivity index (χ0v) is 18.2. The van der Waals surface area contributed by atoms with Gasteiger partial charge in [0.15, 0.2) is 17.3 Å². The summed E-state index contributed by atoms with van der Waals surface area (Å²) in [7, 11) is 0. The van der Waals surface area contributed by atoms with Gasteiger partial charge in [-0.25, -0.2) is 0 Å². The maximum Gasteiger partial charge on any atom is 0.174 e. The van der Waals surface area contributed by atoms with Crippen molar-refractivity contribution in [3.8, 4) is 28.7 Å². The molecule has 1 atom stereocenters. The van der Waals surface area contributed by atoms with E-state index in [4.69, 9.17) is 4.74 Å². The Kier molecular flexibility index (Phi) is 6.29. The van der Waals surface area contributed by atoms with Crippen molar-refractivity contribution in [3.63, 3.8) is 0 Å². The molecule has 0 unspecified atom stereocenters. The fourth-order valence-corrected chi connectivity index (χ4v) is 3.55. The van der Waals surface area contributed by atoms with Gasteiger partial charge in [-0.15, -0.1) is 0 Å². The zero-order chi connectivity index (χ0) is 22.9. The molecule has 0 spiro atoms. The molecular formula is C25H28O6. The van der Waals surface area contributed by atoms with Crippen LogP contribution in [0, 0.1) is 0 Å². The highest BCUT2D eigenvalue weighted by Gasteiger charge is 2.33. The first kappa shape index (κ1) is 22.3. The summed E-state index contributed by atoms with van der Waals surface area (Å²) in [6.07, 6.45) is 3.72. The summed E-state index contributed by atoms with van der Waals surface area (Å²) in [5, 5.41) is 41.4. The number of hydrogen-bond donors (Lipinski definition) is 4. The van der Waals surface area contributed by atoms with Gasteiger partial charge in [0.1, 0.15) is 28.9 Å². The SMILES string of the molecule is CC(C)=CCc1cc([C@@H]2CC(=O)c3c(cc(O)c(CC=C(C)C)c3O)O2)cc(O)c1O. The molecular weight excluding hydrogens is 396 g/mol. The summed E-state index contributed by atoms with van der Waals surface area (Å²) in [5.41, 5.74) is 3.47. The Hall–Kier alpha value is -3.41. The van der Waals surface area contributed by atoms with Crippen LogP contribution in [0.15, 0.2) is 41.5 Å². The van der Waals surface area contributed by atoms with E-state index in [1.54, 1.807) is 6.07 Å². The highest BCUT2D eigenvalue weighted by Crippen LogP contribution is 2.45. The average molecular weight is 424 g/mol. The number of hydrogen-bond acceptors (Lipinski definition) is 6. The Morgan fingerprint density at radius 2 is 1.58 bits per heavy atom. The standard InChI is InChI=1S/C25H28O6/c1-13(2)5-7-15-9-16(10-20(28)24(15)29)21-12-19(27)23-22(31-21)11-18(26)17(25(23)30)8-6-14(3)4/h5-6,9-11,21,26,28-30H,7-8,12H2,1-4H3/t21-/m0/s1. The number of fused-ring (bicyclic) bond motifs is 1. The summed E-state index contributed by atoms with van der Waals surface area (Å²) in [6, 6.07) is 4.41. The van der Waals surface area contributed by atoms with Gasteiger partial charge >= 0.3 is 0 Å². The smallest absolute Gasteiger partial charge is 0.174 e. The highest BCUT2D eigenvalue weighted by molar-refractivity contribution is 6.03. The molecule has 1 heterocycles.